The molecular formula is C15H21NO5S. The Balaban J connectivity index is 1.85. The van der Waals surface area contributed by atoms with Gasteiger partial charge in [-0.1, -0.05) is 18.2 Å². The summed E-state index contributed by atoms with van der Waals surface area (Å²) in [5.41, 5.74) is 0. The quantitative estimate of drug-likeness (QED) is 0.855. The summed E-state index contributed by atoms with van der Waals surface area (Å²) in [4.78, 5) is 12.0. The van der Waals surface area contributed by atoms with Gasteiger partial charge in [0.1, 0.15) is 6.10 Å². The highest BCUT2D eigenvalue weighted by atomic mass is 32.2. The standard InChI is InChI=1S/C15H21NO5S/c1-12(21-11-13-7-5-6-10-20-13)15(17)16-22(18,19)14-8-3-2-4-9-14/h2-4,8-9,12-13H,5-7,10-11H2,1H3,(H,16,17). The Morgan fingerprint density at radius 3 is 2.73 bits per heavy atom. The Morgan fingerprint density at radius 1 is 1.36 bits per heavy atom. The van der Waals surface area contributed by atoms with Crippen LogP contribution in [-0.2, 0) is 24.3 Å². The Labute approximate surface area is 130 Å². The molecule has 7 heteroatoms. The van der Waals surface area contributed by atoms with Crippen LogP contribution in [0.15, 0.2) is 35.2 Å². The lowest BCUT2D eigenvalue weighted by molar-refractivity contribution is -0.133. The van der Waals surface area contributed by atoms with Crippen LogP contribution in [0.3, 0.4) is 0 Å². The predicted molar refractivity (Wildman–Crippen MR) is 80.8 cm³/mol. The molecule has 1 aliphatic rings. The minimum Gasteiger partial charge on any atom is -0.376 e. The highest BCUT2D eigenvalue weighted by molar-refractivity contribution is 7.90. The molecule has 1 fully saturated rings. The number of rotatable bonds is 6. The molecule has 1 N–H and O–H groups in total. The van der Waals surface area contributed by atoms with Crippen LogP contribution in [0.5, 0.6) is 0 Å². The van der Waals surface area contributed by atoms with Gasteiger partial charge in [-0.2, -0.15) is 0 Å². The molecule has 1 aromatic rings. The third-order valence-electron chi connectivity index (χ3n) is 3.46. The molecule has 1 heterocycles. The van der Waals surface area contributed by atoms with Crippen molar-refractivity contribution >= 4 is 15.9 Å². The minimum absolute atomic E-state index is 0.0188. The first-order chi connectivity index (χ1) is 10.5. The zero-order valence-corrected chi connectivity index (χ0v) is 13.3. The topological polar surface area (TPSA) is 81.7 Å². The van der Waals surface area contributed by atoms with Crippen molar-refractivity contribution < 1.29 is 22.7 Å². The number of carbonyl (C=O) groups is 1. The fraction of sp³-hybridized carbons (Fsp3) is 0.533. The van der Waals surface area contributed by atoms with Crippen LogP contribution in [0.25, 0.3) is 0 Å². The molecular weight excluding hydrogens is 306 g/mol. The summed E-state index contributed by atoms with van der Waals surface area (Å²) in [6, 6.07) is 7.75. The van der Waals surface area contributed by atoms with E-state index in [2.05, 4.69) is 0 Å². The van der Waals surface area contributed by atoms with Crippen LogP contribution in [-0.4, -0.2) is 39.7 Å². The van der Waals surface area contributed by atoms with Gasteiger partial charge in [0.2, 0.25) is 0 Å². The molecule has 2 atom stereocenters. The van der Waals surface area contributed by atoms with Crippen molar-refractivity contribution in [3.05, 3.63) is 30.3 Å². The van der Waals surface area contributed by atoms with Crippen LogP contribution in [0, 0.1) is 0 Å². The average molecular weight is 327 g/mol. The van der Waals surface area contributed by atoms with E-state index in [0.717, 1.165) is 19.3 Å². The van der Waals surface area contributed by atoms with Gasteiger partial charge in [0.25, 0.3) is 15.9 Å². The zero-order valence-electron chi connectivity index (χ0n) is 12.5. The molecule has 22 heavy (non-hydrogen) atoms. The van der Waals surface area contributed by atoms with Crippen molar-refractivity contribution in [1.29, 1.82) is 0 Å². The first-order valence-electron chi connectivity index (χ1n) is 7.34. The third kappa shape index (κ3) is 4.79. The van der Waals surface area contributed by atoms with Crippen molar-refractivity contribution in [3.63, 3.8) is 0 Å². The molecule has 1 aliphatic heterocycles. The molecule has 2 unspecified atom stereocenters. The van der Waals surface area contributed by atoms with Crippen molar-refractivity contribution in [3.8, 4) is 0 Å². The fourth-order valence-corrected chi connectivity index (χ4v) is 3.20. The highest BCUT2D eigenvalue weighted by Gasteiger charge is 2.23. The second kappa shape index (κ2) is 7.71. The van der Waals surface area contributed by atoms with Gasteiger partial charge in [-0.3, -0.25) is 4.79 Å². The zero-order chi connectivity index (χ0) is 16.0. The number of carbonyl (C=O) groups excluding carboxylic acids is 1. The van der Waals surface area contributed by atoms with Gasteiger partial charge in [-0.05, 0) is 38.3 Å². The molecule has 0 radical (unpaired) electrons. The van der Waals surface area contributed by atoms with Gasteiger partial charge in [-0.15, -0.1) is 0 Å². The Kier molecular flexibility index (Phi) is 5.93. The van der Waals surface area contributed by atoms with Gasteiger partial charge < -0.3 is 9.47 Å². The minimum atomic E-state index is -3.86. The van der Waals surface area contributed by atoms with E-state index in [1.165, 1.54) is 19.1 Å². The second-order valence-corrected chi connectivity index (χ2v) is 6.93. The largest absolute Gasteiger partial charge is 0.376 e. The maximum atomic E-state index is 12.0. The predicted octanol–water partition coefficient (Wildman–Crippen LogP) is 1.47. The van der Waals surface area contributed by atoms with Crippen molar-refractivity contribution in [1.82, 2.24) is 4.72 Å². The van der Waals surface area contributed by atoms with Crippen molar-refractivity contribution in [2.24, 2.45) is 0 Å². The lowest BCUT2D eigenvalue weighted by Crippen LogP contribution is -2.40. The lowest BCUT2D eigenvalue weighted by Gasteiger charge is -2.23. The highest BCUT2D eigenvalue weighted by Crippen LogP contribution is 2.13. The van der Waals surface area contributed by atoms with Crippen LogP contribution >= 0.6 is 0 Å². The first-order valence-corrected chi connectivity index (χ1v) is 8.82. The molecule has 0 bridgehead atoms. The summed E-state index contributed by atoms with van der Waals surface area (Å²) in [5, 5.41) is 0. The third-order valence-corrected chi connectivity index (χ3v) is 4.83. The number of sulfonamides is 1. The summed E-state index contributed by atoms with van der Waals surface area (Å²) in [6.45, 7) is 2.52. The van der Waals surface area contributed by atoms with Gasteiger partial charge >= 0.3 is 0 Å². The molecule has 0 spiro atoms. The van der Waals surface area contributed by atoms with Crippen molar-refractivity contribution in [2.75, 3.05) is 13.2 Å². The van der Waals surface area contributed by atoms with Gasteiger partial charge in [0.15, 0.2) is 0 Å². The number of benzene rings is 1. The smallest absolute Gasteiger partial charge is 0.264 e. The molecule has 0 aliphatic carbocycles. The second-order valence-electron chi connectivity index (χ2n) is 5.25. The number of ether oxygens (including phenoxy) is 2. The average Bonchev–Trinajstić information content (AvgIpc) is 2.54. The first kappa shape index (κ1) is 16.9. The van der Waals surface area contributed by atoms with E-state index in [-0.39, 0.29) is 11.0 Å². The number of hydrogen-bond donors (Lipinski definition) is 1. The van der Waals surface area contributed by atoms with Crippen LogP contribution in [0.1, 0.15) is 26.2 Å². The van der Waals surface area contributed by atoms with Gasteiger partial charge in [0.05, 0.1) is 17.6 Å². The summed E-state index contributed by atoms with van der Waals surface area (Å²) >= 11 is 0. The summed E-state index contributed by atoms with van der Waals surface area (Å²) < 4.78 is 37.0. The Bertz CT molecular complexity index is 581. The molecule has 1 amide bonds. The number of hydrogen-bond acceptors (Lipinski definition) is 5. The van der Waals surface area contributed by atoms with E-state index in [1.54, 1.807) is 18.2 Å². The molecule has 1 aromatic carbocycles. The van der Waals surface area contributed by atoms with E-state index >= 15 is 0 Å². The molecule has 1 saturated heterocycles. The van der Waals surface area contributed by atoms with Crippen LogP contribution in [0.2, 0.25) is 0 Å². The molecule has 2 rings (SSSR count). The maximum Gasteiger partial charge on any atom is 0.264 e. The molecule has 122 valence electrons. The van der Waals surface area contributed by atoms with E-state index in [4.69, 9.17) is 9.47 Å². The monoisotopic (exact) mass is 327 g/mol. The van der Waals surface area contributed by atoms with Crippen molar-refractivity contribution in [2.45, 2.75) is 43.3 Å². The Hall–Kier alpha value is -1.44. The van der Waals surface area contributed by atoms with E-state index < -0.39 is 22.0 Å². The normalized spacial score (nSPS) is 20.3. The summed E-state index contributed by atoms with van der Waals surface area (Å²) in [5.74, 6) is -0.681. The van der Waals surface area contributed by atoms with E-state index in [0.29, 0.717) is 13.2 Å². The van der Waals surface area contributed by atoms with Crippen LogP contribution in [0.4, 0.5) is 0 Å². The van der Waals surface area contributed by atoms with E-state index in [1.807, 2.05) is 4.72 Å². The van der Waals surface area contributed by atoms with Crippen LogP contribution < -0.4 is 4.72 Å². The number of amides is 1. The van der Waals surface area contributed by atoms with Gasteiger partial charge in [0, 0.05) is 6.61 Å². The maximum absolute atomic E-state index is 12.0. The molecule has 0 aromatic heterocycles. The van der Waals surface area contributed by atoms with E-state index in [9.17, 15) is 13.2 Å². The summed E-state index contributed by atoms with van der Waals surface area (Å²) in [7, 11) is -3.86. The number of nitrogens with one attached hydrogen (secondary N) is 1. The SMILES string of the molecule is CC(OCC1CCCCO1)C(=O)NS(=O)(=O)c1ccccc1. The summed E-state index contributed by atoms with van der Waals surface area (Å²) in [6.07, 6.45) is 2.15. The Morgan fingerprint density at radius 2 is 2.09 bits per heavy atom. The van der Waals surface area contributed by atoms with Gasteiger partial charge in [-0.25, -0.2) is 13.1 Å². The fourth-order valence-electron chi connectivity index (χ4n) is 2.14. The molecule has 0 saturated carbocycles. The lowest BCUT2D eigenvalue weighted by atomic mass is 10.1. The molecule has 6 nitrogen and oxygen atoms in total.